The molecular weight excluding hydrogens is 372 g/mol. The molecule has 2 aliphatic heterocycles. The van der Waals surface area contributed by atoms with Gasteiger partial charge in [0.25, 0.3) is 0 Å². The lowest BCUT2D eigenvalue weighted by Gasteiger charge is -2.21. The molecule has 0 bridgehead atoms. The molecule has 28 heavy (non-hydrogen) atoms. The summed E-state index contributed by atoms with van der Waals surface area (Å²) in [5.74, 6) is 0.518. The van der Waals surface area contributed by atoms with E-state index in [0.717, 1.165) is 0 Å². The SMILES string of the molecule is COC(=O)[C@@H]1Oc2cc(C)oc(=O)c2[C@H]1c1cc(OC)c2c(c1OC)OCO2. The molecule has 0 aliphatic carbocycles. The van der Waals surface area contributed by atoms with Gasteiger partial charge in [0, 0.05) is 11.6 Å². The average Bonchev–Trinajstić information content (AvgIpc) is 3.30. The number of benzene rings is 1. The lowest BCUT2D eigenvalue weighted by atomic mass is 9.87. The smallest absolute Gasteiger partial charge is 0.348 e. The van der Waals surface area contributed by atoms with Crippen LogP contribution in [-0.4, -0.2) is 40.2 Å². The van der Waals surface area contributed by atoms with E-state index in [0.29, 0.717) is 34.3 Å². The maximum atomic E-state index is 12.6. The van der Waals surface area contributed by atoms with Gasteiger partial charge in [0.15, 0.2) is 11.5 Å². The molecule has 0 spiro atoms. The third kappa shape index (κ3) is 2.54. The van der Waals surface area contributed by atoms with Gasteiger partial charge in [-0.2, -0.15) is 0 Å². The van der Waals surface area contributed by atoms with Gasteiger partial charge in [-0.25, -0.2) is 9.59 Å². The van der Waals surface area contributed by atoms with Crippen molar-refractivity contribution in [1.82, 2.24) is 0 Å². The van der Waals surface area contributed by atoms with Crippen molar-refractivity contribution >= 4 is 5.97 Å². The first-order valence-corrected chi connectivity index (χ1v) is 8.43. The van der Waals surface area contributed by atoms with E-state index < -0.39 is 23.6 Å². The van der Waals surface area contributed by atoms with E-state index in [1.54, 1.807) is 19.1 Å². The zero-order chi connectivity index (χ0) is 20.0. The van der Waals surface area contributed by atoms with Gasteiger partial charge in [-0.05, 0) is 13.0 Å². The van der Waals surface area contributed by atoms with E-state index in [9.17, 15) is 9.59 Å². The Kier molecular flexibility index (Phi) is 4.29. The number of rotatable bonds is 4. The summed E-state index contributed by atoms with van der Waals surface area (Å²) in [7, 11) is 4.17. The minimum atomic E-state index is -1.11. The van der Waals surface area contributed by atoms with E-state index in [1.807, 2.05) is 0 Å². The summed E-state index contributed by atoms with van der Waals surface area (Å²) in [6, 6.07) is 3.19. The second kappa shape index (κ2) is 6.66. The molecule has 0 radical (unpaired) electrons. The molecule has 0 N–H and O–H groups in total. The van der Waals surface area contributed by atoms with Gasteiger partial charge in [-0.1, -0.05) is 0 Å². The van der Waals surface area contributed by atoms with Crippen LogP contribution in [0.25, 0.3) is 0 Å². The van der Waals surface area contributed by atoms with Crippen molar-refractivity contribution in [2.75, 3.05) is 28.1 Å². The van der Waals surface area contributed by atoms with Crippen molar-refractivity contribution in [3.8, 4) is 28.7 Å². The lowest BCUT2D eigenvalue weighted by molar-refractivity contribution is -0.148. The molecule has 9 nitrogen and oxygen atoms in total. The normalized spacial score (nSPS) is 19.0. The van der Waals surface area contributed by atoms with Crippen LogP contribution in [-0.2, 0) is 9.53 Å². The Bertz CT molecular complexity index is 1010. The van der Waals surface area contributed by atoms with Crippen LogP contribution < -0.4 is 29.3 Å². The highest BCUT2D eigenvalue weighted by Crippen LogP contribution is 2.54. The molecular formula is C19H18O9. The van der Waals surface area contributed by atoms with E-state index in [1.165, 1.54) is 21.3 Å². The number of esters is 1. The molecule has 0 saturated heterocycles. The standard InChI is InChI=1S/C19H18O9/c1-8-5-10-13(18(20)27-8)12(16(28-10)19(21)24-4)9-6-11(22-2)15-17(14(9)23-3)26-7-25-15/h5-6,12,16H,7H2,1-4H3/t12-,16-/m1/s1. The number of fused-ring (bicyclic) bond motifs is 2. The second-order valence-electron chi connectivity index (χ2n) is 6.23. The van der Waals surface area contributed by atoms with Gasteiger partial charge >= 0.3 is 11.6 Å². The van der Waals surface area contributed by atoms with Crippen LogP contribution in [0.2, 0.25) is 0 Å². The number of carbonyl (C=O) groups excluding carboxylic acids is 1. The molecule has 1 aromatic heterocycles. The van der Waals surface area contributed by atoms with E-state index in [4.69, 9.17) is 32.8 Å². The van der Waals surface area contributed by atoms with Crippen molar-refractivity contribution < 1.29 is 37.6 Å². The van der Waals surface area contributed by atoms with E-state index in [2.05, 4.69) is 0 Å². The monoisotopic (exact) mass is 390 g/mol. The Hall–Kier alpha value is -3.36. The summed E-state index contributed by atoms with van der Waals surface area (Å²) in [5, 5.41) is 0. The quantitative estimate of drug-likeness (QED) is 0.723. The summed E-state index contributed by atoms with van der Waals surface area (Å²) in [6.07, 6.45) is -1.11. The maximum Gasteiger partial charge on any atom is 0.348 e. The number of hydrogen-bond acceptors (Lipinski definition) is 9. The highest BCUT2D eigenvalue weighted by atomic mass is 16.7. The molecule has 3 heterocycles. The molecule has 0 saturated carbocycles. The third-order valence-electron chi connectivity index (χ3n) is 4.73. The van der Waals surface area contributed by atoms with Crippen LogP contribution in [0.1, 0.15) is 22.8 Å². The Morgan fingerprint density at radius 2 is 1.86 bits per heavy atom. The fraction of sp³-hybridized carbons (Fsp3) is 0.368. The molecule has 9 heteroatoms. The minimum absolute atomic E-state index is 0.00890. The minimum Gasteiger partial charge on any atom is -0.493 e. The Labute approximate surface area is 159 Å². The molecule has 2 aliphatic rings. The van der Waals surface area contributed by atoms with Crippen LogP contribution in [0.4, 0.5) is 0 Å². The first-order valence-electron chi connectivity index (χ1n) is 8.43. The predicted octanol–water partition coefficient (Wildman–Crippen LogP) is 1.76. The van der Waals surface area contributed by atoms with E-state index in [-0.39, 0.29) is 18.1 Å². The maximum absolute atomic E-state index is 12.6. The van der Waals surface area contributed by atoms with Crippen molar-refractivity contribution in [2.45, 2.75) is 18.9 Å². The number of carbonyl (C=O) groups is 1. The van der Waals surface area contributed by atoms with Gasteiger partial charge < -0.3 is 32.8 Å². The van der Waals surface area contributed by atoms with Gasteiger partial charge in [0.05, 0.1) is 32.8 Å². The van der Waals surface area contributed by atoms with Crippen molar-refractivity contribution in [3.05, 3.63) is 39.4 Å². The molecule has 148 valence electrons. The largest absolute Gasteiger partial charge is 0.493 e. The highest BCUT2D eigenvalue weighted by molar-refractivity contribution is 5.80. The fourth-order valence-electron chi connectivity index (χ4n) is 3.57. The number of methoxy groups -OCH3 is 3. The summed E-state index contributed by atoms with van der Waals surface area (Å²) in [4.78, 5) is 25.1. The highest BCUT2D eigenvalue weighted by Gasteiger charge is 2.46. The number of hydrogen-bond donors (Lipinski definition) is 0. The number of ether oxygens (including phenoxy) is 6. The zero-order valence-corrected chi connectivity index (χ0v) is 15.7. The molecule has 1 aromatic carbocycles. The van der Waals surface area contributed by atoms with Gasteiger partial charge in [0.2, 0.25) is 24.4 Å². The Morgan fingerprint density at radius 1 is 1.11 bits per heavy atom. The first-order chi connectivity index (χ1) is 13.5. The van der Waals surface area contributed by atoms with Crippen molar-refractivity contribution in [3.63, 3.8) is 0 Å². The Balaban J connectivity index is 1.99. The molecule has 0 amide bonds. The second-order valence-corrected chi connectivity index (χ2v) is 6.23. The molecule has 2 atom stereocenters. The first kappa shape index (κ1) is 18.0. The van der Waals surface area contributed by atoms with Crippen LogP contribution >= 0.6 is 0 Å². The van der Waals surface area contributed by atoms with Crippen molar-refractivity contribution in [1.29, 1.82) is 0 Å². The van der Waals surface area contributed by atoms with Gasteiger partial charge in [0.1, 0.15) is 11.5 Å². The number of aryl methyl sites for hydroxylation is 1. The molecule has 4 rings (SSSR count). The topological polar surface area (TPSA) is 103 Å². The van der Waals surface area contributed by atoms with E-state index >= 15 is 0 Å². The van der Waals surface area contributed by atoms with Crippen LogP contribution in [0.3, 0.4) is 0 Å². The summed E-state index contributed by atoms with van der Waals surface area (Å²) in [6.45, 7) is 1.61. The summed E-state index contributed by atoms with van der Waals surface area (Å²) in [5.41, 5.74) is 0.0409. The lowest BCUT2D eigenvalue weighted by Crippen LogP contribution is -2.32. The average molecular weight is 390 g/mol. The van der Waals surface area contributed by atoms with Crippen LogP contribution in [0, 0.1) is 6.92 Å². The molecule has 2 aromatic rings. The zero-order valence-electron chi connectivity index (χ0n) is 15.7. The predicted molar refractivity (Wildman–Crippen MR) is 93.7 cm³/mol. The van der Waals surface area contributed by atoms with Gasteiger partial charge in [-0.3, -0.25) is 0 Å². The van der Waals surface area contributed by atoms with Crippen LogP contribution in [0.15, 0.2) is 21.3 Å². The van der Waals surface area contributed by atoms with Gasteiger partial charge in [-0.15, -0.1) is 0 Å². The molecule has 0 unspecified atom stereocenters. The summed E-state index contributed by atoms with van der Waals surface area (Å²) < 4.78 is 37.8. The van der Waals surface area contributed by atoms with Crippen molar-refractivity contribution in [2.24, 2.45) is 0 Å². The third-order valence-corrected chi connectivity index (χ3v) is 4.73. The van der Waals surface area contributed by atoms with Crippen LogP contribution in [0.5, 0.6) is 28.7 Å². The molecule has 0 fully saturated rings. The Morgan fingerprint density at radius 3 is 2.54 bits per heavy atom. The summed E-state index contributed by atoms with van der Waals surface area (Å²) >= 11 is 0. The fourth-order valence-corrected chi connectivity index (χ4v) is 3.57.